The molecule has 2 aromatic carbocycles. The van der Waals surface area contributed by atoms with Crippen LogP contribution in [0.25, 0.3) is 0 Å². The third kappa shape index (κ3) is 3.39. The van der Waals surface area contributed by atoms with Crippen molar-refractivity contribution in [2.75, 3.05) is 0 Å². The van der Waals surface area contributed by atoms with Crippen LogP contribution in [0.2, 0.25) is 10.0 Å². The first-order chi connectivity index (χ1) is 9.51. The van der Waals surface area contributed by atoms with Crippen LogP contribution in [0.5, 0.6) is 5.75 Å². The average Bonchev–Trinajstić information content (AvgIpc) is 2.38. The molecule has 0 radical (unpaired) electrons. The van der Waals surface area contributed by atoms with E-state index >= 15 is 0 Å². The van der Waals surface area contributed by atoms with Gasteiger partial charge in [-0.25, -0.2) is 8.78 Å². The van der Waals surface area contributed by atoms with Crippen LogP contribution in [0.4, 0.5) is 8.78 Å². The number of hydrogen-bond donors (Lipinski definition) is 1. The molecule has 0 atom stereocenters. The Morgan fingerprint density at radius 1 is 1.05 bits per heavy atom. The zero-order valence-electron chi connectivity index (χ0n) is 10.2. The lowest BCUT2D eigenvalue weighted by molar-refractivity contribution is 0.257. The maximum absolute atomic E-state index is 13.5. The van der Waals surface area contributed by atoms with Crippen molar-refractivity contribution in [3.63, 3.8) is 0 Å². The molecule has 106 valence electrons. The molecule has 1 N–H and O–H groups in total. The molecule has 0 heterocycles. The van der Waals surface area contributed by atoms with E-state index in [4.69, 9.17) is 27.9 Å². The minimum atomic E-state index is -0.708. The maximum Gasteiger partial charge on any atom is 0.144 e. The van der Waals surface area contributed by atoms with Crippen molar-refractivity contribution in [3.8, 4) is 5.75 Å². The van der Waals surface area contributed by atoms with Gasteiger partial charge in [-0.3, -0.25) is 0 Å². The van der Waals surface area contributed by atoms with E-state index in [1.54, 1.807) is 0 Å². The number of halogens is 4. The van der Waals surface area contributed by atoms with Gasteiger partial charge in [0.05, 0.1) is 11.6 Å². The first kappa shape index (κ1) is 15.0. The number of benzene rings is 2. The first-order valence-electron chi connectivity index (χ1n) is 5.66. The molecule has 20 heavy (non-hydrogen) atoms. The minimum Gasteiger partial charge on any atom is -0.487 e. The number of hydrogen-bond acceptors (Lipinski definition) is 2. The summed E-state index contributed by atoms with van der Waals surface area (Å²) in [5.74, 6) is -1.14. The van der Waals surface area contributed by atoms with Crippen LogP contribution in [-0.4, -0.2) is 5.11 Å². The van der Waals surface area contributed by atoms with Gasteiger partial charge in [0.1, 0.15) is 24.0 Å². The Hall–Kier alpha value is -1.36. The van der Waals surface area contributed by atoms with Crippen LogP contribution in [0, 0.1) is 11.6 Å². The predicted octanol–water partition coefficient (Wildman–Crippen LogP) is 4.34. The summed E-state index contributed by atoms with van der Waals surface area (Å²) in [5, 5.41) is 9.81. The van der Waals surface area contributed by atoms with Crippen LogP contribution in [0.3, 0.4) is 0 Å². The molecule has 2 nitrogen and oxygen atoms in total. The van der Waals surface area contributed by atoms with E-state index in [-0.39, 0.29) is 29.5 Å². The van der Waals surface area contributed by atoms with Crippen molar-refractivity contribution < 1.29 is 18.6 Å². The molecule has 0 amide bonds. The lowest BCUT2D eigenvalue weighted by Gasteiger charge is -2.13. The number of aliphatic hydroxyl groups excluding tert-OH is 1. The van der Waals surface area contributed by atoms with Crippen molar-refractivity contribution >= 4 is 23.2 Å². The van der Waals surface area contributed by atoms with E-state index in [0.717, 1.165) is 12.1 Å². The normalized spacial score (nSPS) is 10.7. The van der Waals surface area contributed by atoms with Gasteiger partial charge in [0.25, 0.3) is 0 Å². The second-order valence-electron chi connectivity index (χ2n) is 4.06. The SMILES string of the molecule is OCc1cc(Cl)cc(Cl)c1OCc1ccc(F)cc1F. The number of ether oxygens (including phenoxy) is 1. The smallest absolute Gasteiger partial charge is 0.144 e. The monoisotopic (exact) mass is 318 g/mol. The summed E-state index contributed by atoms with van der Waals surface area (Å²) in [6.45, 7) is -0.456. The summed E-state index contributed by atoms with van der Waals surface area (Å²) >= 11 is 11.8. The number of rotatable bonds is 4. The quantitative estimate of drug-likeness (QED) is 0.908. The third-order valence-electron chi connectivity index (χ3n) is 2.64. The van der Waals surface area contributed by atoms with Gasteiger partial charge in [0.2, 0.25) is 0 Å². The zero-order chi connectivity index (χ0) is 14.7. The molecular formula is C14H10Cl2F2O2. The summed E-state index contributed by atoms with van der Waals surface area (Å²) < 4.78 is 31.7. The molecule has 0 aliphatic heterocycles. The summed E-state index contributed by atoms with van der Waals surface area (Å²) in [6, 6.07) is 6.16. The standard InChI is InChI=1S/C14H10Cl2F2O2/c15-10-3-9(6-19)14(12(16)4-10)20-7-8-1-2-11(17)5-13(8)18/h1-5,19H,6-7H2. The molecule has 0 aliphatic rings. The van der Waals surface area contributed by atoms with Crippen molar-refractivity contribution in [1.29, 1.82) is 0 Å². The summed E-state index contributed by atoms with van der Waals surface area (Å²) in [4.78, 5) is 0. The minimum absolute atomic E-state index is 0.138. The highest BCUT2D eigenvalue weighted by Gasteiger charge is 2.12. The van der Waals surface area contributed by atoms with Crippen molar-refractivity contribution in [2.24, 2.45) is 0 Å². The van der Waals surface area contributed by atoms with Gasteiger partial charge in [-0.1, -0.05) is 23.2 Å². The van der Waals surface area contributed by atoms with Gasteiger partial charge >= 0.3 is 0 Å². The molecule has 0 bridgehead atoms. The summed E-state index contributed by atoms with van der Waals surface area (Å²) in [6.07, 6.45) is 0. The molecule has 0 saturated carbocycles. The Labute approximate surface area is 124 Å². The van der Waals surface area contributed by atoms with E-state index in [1.165, 1.54) is 18.2 Å². The molecule has 0 fully saturated rings. The highest BCUT2D eigenvalue weighted by atomic mass is 35.5. The topological polar surface area (TPSA) is 29.5 Å². The van der Waals surface area contributed by atoms with Crippen LogP contribution in [0.15, 0.2) is 30.3 Å². The van der Waals surface area contributed by atoms with Crippen LogP contribution >= 0.6 is 23.2 Å². The van der Waals surface area contributed by atoms with Crippen molar-refractivity contribution in [3.05, 3.63) is 63.1 Å². The lowest BCUT2D eigenvalue weighted by atomic mass is 10.2. The Morgan fingerprint density at radius 3 is 2.45 bits per heavy atom. The lowest BCUT2D eigenvalue weighted by Crippen LogP contribution is -2.02. The second kappa shape index (κ2) is 6.39. The van der Waals surface area contributed by atoms with E-state index in [1.807, 2.05) is 0 Å². The Morgan fingerprint density at radius 2 is 1.80 bits per heavy atom. The molecule has 0 aromatic heterocycles. The Kier molecular flexibility index (Phi) is 4.81. The predicted molar refractivity (Wildman–Crippen MR) is 73.1 cm³/mol. The Balaban J connectivity index is 2.22. The average molecular weight is 319 g/mol. The molecule has 0 spiro atoms. The zero-order valence-corrected chi connectivity index (χ0v) is 11.7. The molecule has 0 unspecified atom stereocenters. The van der Waals surface area contributed by atoms with Gasteiger partial charge < -0.3 is 9.84 Å². The highest BCUT2D eigenvalue weighted by molar-refractivity contribution is 6.35. The fraction of sp³-hybridized carbons (Fsp3) is 0.143. The molecule has 2 aromatic rings. The van der Waals surface area contributed by atoms with Gasteiger partial charge in [-0.15, -0.1) is 0 Å². The number of aliphatic hydroxyl groups is 1. The van der Waals surface area contributed by atoms with Crippen LogP contribution in [-0.2, 0) is 13.2 Å². The van der Waals surface area contributed by atoms with Crippen molar-refractivity contribution in [1.82, 2.24) is 0 Å². The molecule has 0 saturated heterocycles. The molecular weight excluding hydrogens is 309 g/mol. The van der Waals surface area contributed by atoms with E-state index in [0.29, 0.717) is 10.6 Å². The molecule has 0 aliphatic carbocycles. The maximum atomic E-state index is 13.5. The van der Waals surface area contributed by atoms with Gasteiger partial charge in [0, 0.05) is 22.2 Å². The van der Waals surface area contributed by atoms with E-state index in [9.17, 15) is 13.9 Å². The molecule has 2 rings (SSSR count). The fourth-order valence-electron chi connectivity index (χ4n) is 1.68. The second-order valence-corrected chi connectivity index (χ2v) is 4.90. The fourth-order valence-corrected chi connectivity index (χ4v) is 2.27. The largest absolute Gasteiger partial charge is 0.487 e. The summed E-state index contributed by atoms with van der Waals surface area (Å²) in [7, 11) is 0. The van der Waals surface area contributed by atoms with Gasteiger partial charge in [-0.2, -0.15) is 0 Å². The van der Waals surface area contributed by atoms with Gasteiger partial charge in [-0.05, 0) is 24.3 Å². The van der Waals surface area contributed by atoms with Crippen LogP contribution in [0.1, 0.15) is 11.1 Å². The highest BCUT2D eigenvalue weighted by Crippen LogP contribution is 2.33. The summed E-state index contributed by atoms with van der Waals surface area (Å²) in [5.41, 5.74) is 0.575. The van der Waals surface area contributed by atoms with Gasteiger partial charge in [0.15, 0.2) is 0 Å². The van der Waals surface area contributed by atoms with Crippen LogP contribution < -0.4 is 4.74 Å². The third-order valence-corrected chi connectivity index (χ3v) is 3.14. The Bertz CT molecular complexity index is 633. The first-order valence-corrected chi connectivity index (χ1v) is 6.42. The van der Waals surface area contributed by atoms with E-state index in [2.05, 4.69) is 0 Å². The van der Waals surface area contributed by atoms with E-state index < -0.39 is 11.6 Å². The van der Waals surface area contributed by atoms with Crippen molar-refractivity contribution in [2.45, 2.75) is 13.2 Å². The molecule has 6 heteroatoms.